The Kier molecular flexibility index (Phi) is 1.81. The zero-order chi connectivity index (χ0) is 9.26. The first-order valence-corrected chi connectivity index (χ1v) is 3.71. The third kappa shape index (κ3) is 1.56. The predicted molar refractivity (Wildman–Crippen MR) is 47.4 cm³/mol. The highest BCUT2D eigenvalue weighted by Gasteiger charge is 2.03. The van der Waals surface area contributed by atoms with Crippen molar-refractivity contribution in [3.63, 3.8) is 0 Å². The molecule has 0 unspecified atom stereocenters. The Labute approximate surface area is 76.2 Å². The fourth-order valence-corrected chi connectivity index (χ4v) is 0.924. The quantitative estimate of drug-likeness (QED) is 0.520. The van der Waals surface area contributed by atoms with Gasteiger partial charge in [0.1, 0.15) is 13.5 Å². The van der Waals surface area contributed by atoms with Gasteiger partial charge in [0.2, 0.25) is 5.82 Å². The Hall–Kier alpha value is -1.72. The van der Waals surface area contributed by atoms with Gasteiger partial charge in [-0.05, 0) is 11.3 Å². The van der Waals surface area contributed by atoms with E-state index in [9.17, 15) is 0 Å². The molecular formula is C7H6BN5. The van der Waals surface area contributed by atoms with Gasteiger partial charge in [-0.15, -0.1) is 10.2 Å². The second-order valence-corrected chi connectivity index (χ2v) is 2.58. The second kappa shape index (κ2) is 2.97. The molecule has 6 heteroatoms. The van der Waals surface area contributed by atoms with Crippen LogP contribution in [-0.4, -0.2) is 33.0 Å². The molecule has 13 heavy (non-hydrogen) atoms. The maximum Gasteiger partial charge on any atom is 0.223 e. The normalized spacial score (nSPS) is 10.2. The first kappa shape index (κ1) is 7.91. The van der Waals surface area contributed by atoms with E-state index < -0.39 is 0 Å². The summed E-state index contributed by atoms with van der Waals surface area (Å²) in [5, 5.41) is 11.5. The van der Waals surface area contributed by atoms with Gasteiger partial charge in [0.15, 0.2) is 0 Å². The van der Waals surface area contributed by atoms with Crippen LogP contribution in [0.4, 0.5) is 0 Å². The summed E-state index contributed by atoms with van der Waals surface area (Å²) in [7, 11) is 7.19. The highest BCUT2D eigenvalue weighted by molar-refractivity contribution is 6.32. The van der Waals surface area contributed by atoms with Crippen molar-refractivity contribution in [1.29, 1.82) is 0 Å². The van der Waals surface area contributed by atoms with Crippen LogP contribution >= 0.6 is 0 Å². The number of tetrazole rings is 1. The molecule has 0 aliphatic rings. The fraction of sp³-hybridized carbons (Fsp3) is 0.143. The molecule has 0 N–H and O–H groups in total. The van der Waals surface area contributed by atoms with Crippen molar-refractivity contribution in [3.8, 4) is 11.5 Å². The molecule has 0 bridgehead atoms. The molecule has 0 atom stereocenters. The lowest BCUT2D eigenvalue weighted by Crippen LogP contribution is -2.02. The number of nitrogens with zero attached hydrogens (tertiary/aromatic N) is 5. The van der Waals surface area contributed by atoms with E-state index in [1.807, 2.05) is 0 Å². The number of rotatable bonds is 1. The highest BCUT2D eigenvalue weighted by Crippen LogP contribution is 2.06. The van der Waals surface area contributed by atoms with E-state index in [0.29, 0.717) is 17.0 Å². The standard InChI is InChI=1S/C7H6BN5/c1-13-11-7(10-12-13)6-3-2-5(8)4-9-6/h2-4H,1H3. The van der Waals surface area contributed by atoms with E-state index >= 15 is 0 Å². The van der Waals surface area contributed by atoms with Crippen molar-refractivity contribution < 1.29 is 0 Å². The molecular weight excluding hydrogens is 165 g/mol. The minimum absolute atomic E-state index is 0.502. The molecule has 2 radical (unpaired) electrons. The number of pyridine rings is 1. The molecule has 5 nitrogen and oxygen atoms in total. The Morgan fingerprint density at radius 3 is 2.77 bits per heavy atom. The lowest BCUT2D eigenvalue weighted by Gasteiger charge is -1.93. The Balaban J connectivity index is 2.41. The maximum absolute atomic E-state index is 5.49. The molecule has 0 saturated carbocycles. The van der Waals surface area contributed by atoms with Crippen molar-refractivity contribution in [1.82, 2.24) is 25.2 Å². The first-order chi connectivity index (χ1) is 6.25. The second-order valence-electron chi connectivity index (χ2n) is 2.58. The largest absolute Gasteiger partial charge is 0.253 e. The van der Waals surface area contributed by atoms with Crippen LogP contribution in [0.2, 0.25) is 0 Å². The number of hydrogen-bond acceptors (Lipinski definition) is 4. The van der Waals surface area contributed by atoms with Crippen molar-refractivity contribution in [2.75, 3.05) is 0 Å². The van der Waals surface area contributed by atoms with Gasteiger partial charge in [-0.3, -0.25) is 4.98 Å². The third-order valence-corrected chi connectivity index (χ3v) is 1.52. The molecule has 2 heterocycles. The number of hydrogen-bond donors (Lipinski definition) is 0. The summed E-state index contributed by atoms with van der Waals surface area (Å²) < 4.78 is 0. The summed E-state index contributed by atoms with van der Waals surface area (Å²) in [6, 6.07) is 3.50. The monoisotopic (exact) mass is 171 g/mol. The average Bonchev–Trinajstić information content (AvgIpc) is 2.53. The fourth-order valence-electron chi connectivity index (χ4n) is 0.924. The zero-order valence-corrected chi connectivity index (χ0v) is 7.05. The van der Waals surface area contributed by atoms with Crippen LogP contribution in [0.3, 0.4) is 0 Å². The van der Waals surface area contributed by atoms with Crippen LogP contribution < -0.4 is 5.46 Å². The van der Waals surface area contributed by atoms with Crippen molar-refractivity contribution in [2.45, 2.75) is 0 Å². The van der Waals surface area contributed by atoms with Crippen LogP contribution in [0.25, 0.3) is 11.5 Å². The average molecular weight is 171 g/mol. The lowest BCUT2D eigenvalue weighted by atomic mass is 9.99. The van der Waals surface area contributed by atoms with Crippen LogP contribution in [-0.2, 0) is 7.05 Å². The van der Waals surface area contributed by atoms with Gasteiger partial charge < -0.3 is 0 Å². The molecule has 2 rings (SSSR count). The highest BCUT2D eigenvalue weighted by atomic mass is 15.6. The zero-order valence-electron chi connectivity index (χ0n) is 7.05. The number of aromatic nitrogens is 5. The molecule has 0 aliphatic carbocycles. The molecule has 2 aromatic heterocycles. The molecule has 2 aromatic rings. The summed E-state index contributed by atoms with van der Waals surface area (Å²) >= 11 is 0. The molecule has 0 spiro atoms. The van der Waals surface area contributed by atoms with Gasteiger partial charge in [-0.25, -0.2) is 0 Å². The van der Waals surface area contributed by atoms with Crippen LogP contribution in [0.15, 0.2) is 18.3 Å². The van der Waals surface area contributed by atoms with E-state index in [2.05, 4.69) is 20.4 Å². The third-order valence-electron chi connectivity index (χ3n) is 1.52. The smallest absolute Gasteiger partial charge is 0.223 e. The minimum atomic E-state index is 0.502. The van der Waals surface area contributed by atoms with Crippen molar-refractivity contribution in [3.05, 3.63) is 18.3 Å². The van der Waals surface area contributed by atoms with Crippen LogP contribution in [0.5, 0.6) is 0 Å². The summed E-state index contributed by atoms with van der Waals surface area (Å²) in [5.41, 5.74) is 1.29. The Bertz CT molecular complexity index is 407. The van der Waals surface area contributed by atoms with E-state index in [4.69, 9.17) is 7.85 Å². The van der Waals surface area contributed by atoms with Gasteiger partial charge in [0.25, 0.3) is 0 Å². The molecule has 0 amide bonds. The first-order valence-electron chi connectivity index (χ1n) is 3.71. The van der Waals surface area contributed by atoms with Crippen LogP contribution in [0.1, 0.15) is 0 Å². The topological polar surface area (TPSA) is 56.5 Å². The summed E-state index contributed by atoms with van der Waals surface area (Å²) in [4.78, 5) is 5.44. The molecule has 0 aliphatic heterocycles. The van der Waals surface area contributed by atoms with E-state index in [0.717, 1.165) is 0 Å². The lowest BCUT2D eigenvalue weighted by molar-refractivity contribution is 0.630. The Morgan fingerprint density at radius 2 is 2.23 bits per heavy atom. The Morgan fingerprint density at radius 1 is 1.38 bits per heavy atom. The number of aryl methyl sites for hydroxylation is 1. The SMILES string of the molecule is [B]c1ccc(-c2nnn(C)n2)nc1. The molecule has 62 valence electrons. The van der Waals surface area contributed by atoms with Gasteiger partial charge in [0, 0.05) is 6.20 Å². The predicted octanol–water partition coefficient (Wildman–Crippen LogP) is -0.934. The van der Waals surface area contributed by atoms with Crippen molar-refractivity contribution in [2.24, 2.45) is 7.05 Å². The van der Waals surface area contributed by atoms with Gasteiger partial charge in [0.05, 0.1) is 7.05 Å². The van der Waals surface area contributed by atoms with E-state index in [1.54, 1.807) is 25.4 Å². The molecule has 0 saturated heterocycles. The minimum Gasteiger partial charge on any atom is -0.253 e. The van der Waals surface area contributed by atoms with Gasteiger partial charge >= 0.3 is 0 Å². The summed E-state index contributed by atoms with van der Waals surface area (Å²) in [6.07, 6.45) is 1.56. The maximum atomic E-state index is 5.49. The van der Waals surface area contributed by atoms with E-state index in [-0.39, 0.29) is 0 Å². The molecule has 0 fully saturated rings. The van der Waals surface area contributed by atoms with Gasteiger partial charge in [-0.2, -0.15) is 4.80 Å². The van der Waals surface area contributed by atoms with E-state index in [1.165, 1.54) is 4.80 Å². The summed E-state index contributed by atoms with van der Waals surface area (Å²) in [5.74, 6) is 0.502. The molecule has 0 aromatic carbocycles. The van der Waals surface area contributed by atoms with Crippen molar-refractivity contribution >= 4 is 13.3 Å². The van der Waals surface area contributed by atoms with Crippen LogP contribution in [0, 0.1) is 0 Å². The summed E-state index contributed by atoms with van der Waals surface area (Å²) in [6.45, 7) is 0. The van der Waals surface area contributed by atoms with Gasteiger partial charge in [-0.1, -0.05) is 11.5 Å².